The number of hydrogen-bond donors (Lipinski definition) is 0. The second-order valence-electron chi connectivity index (χ2n) is 8.19. The first-order chi connectivity index (χ1) is 11.8. The van der Waals surface area contributed by atoms with Crippen molar-refractivity contribution in [2.75, 3.05) is 0 Å². The Balaban J connectivity index is 2.40. The molecular formula is C25H36. The van der Waals surface area contributed by atoms with E-state index in [9.17, 15) is 0 Å². The third-order valence-corrected chi connectivity index (χ3v) is 5.75. The number of benzene rings is 2. The fourth-order valence-electron chi connectivity index (χ4n) is 3.63. The maximum atomic E-state index is 2.47. The molecule has 0 aromatic heterocycles. The molecule has 0 N–H and O–H groups in total. The van der Waals surface area contributed by atoms with Crippen LogP contribution < -0.4 is 0 Å². The molecular weight excluding hydrogens is 300 g/mol. The first kappa shape index (κ1) is 19.8. The molecule has 0 bridgehead atoms. The molecule has 2 aromatic carbocycles. The molecule has 0 aliphatic rings. The van der Waals surface area contributed by atoms with Crippen LogP contribution in [0, 0.1) is 20.8 Å². The molecule has 0 fully saturated rings. The van der Waals surface area contributed by atoms with E-state index >= 15 is 0 Å². The highest BCUT2D eigenvalue weighted by Gasteiger charge is 2.12. The Morgan fingerprint density at radius 1 is 0.840 bits per heavy atom. The van der Waals surface area contributed by atoms with Crippen LogP contribution in [0.15, 0.2) is 30.3 Å². The van der Waals surface area contributed by atoms with Gasteiger partial charge in [0.05, 0.1) is 0 Å². The van der Waals surface area contributed by atoms with E-state index in [0.717, 1.165) is 6.42 Å². The van der Waals surface area contributed by atoms with E-state index in [0.29, 0.717) is 11.8 Å². The third-order valence-electron chi connectivity index (χ3n) is 5.75. The summed E-state index contributed by atoms with van der Waals surface area (Å²) in [7, 11) is 0. The van der Waals surface area contributed by atoms with Crippen molar-refractivity contribution in [3.8, 4) is 0 Å². The van der Waals surface area contributed by atoms with Gasteiger partial charge in [-0.2, -0.15) is 0 Å². The van der Waals surface area contributed by atoms with Crippen molar-refractivity contribution in [1.29, 1.82) is 0 Å². The number of hydrogen-bond acceptors (Lipinski definition) is 0. The minimum absolute atomic E-state index is 0.580. The van der Waals surface area contributed by atoms with Crippen molar-refractivity contribution in [2.24, 2.45) is 0 Å². The largest absolute Gasteiger partial charge is 0.0654 e. The van der Waals surface area contributed by atoms with Gasteiger partial charge in [0.25, 0.3) is 0 Å². The van der Waals surface area contributed by atoms with Crippen LogP contribution in [0.1, 0.15) is 97.7 Å². The fourth-order valence-corrected chi connectivity index (χ4v) is 3.63. The lowest BCUT2D eigenvalue weighted by Gasteiger charge is -2.18. The predicted octanol–water partition coefficient (Wildman–Crippen LogP) is 7.62. The maximum Gasteiger partial charge on any atom is -0.00202 e. The second-order valence-corrected chi connectivity index (χ2v) is 8.19. The van der Waals surface area contributed by atoms with Gasteiger partial charge in [0.1, 0.15) is 0 Å². The van der Waals surface area contributed by atoms with Crippen molar-refractivity contribution in [1.82, 2.24) is 0 Å². The molecule has 0 nitrogen and oxygen atoms in total. The van der Waals surface area contributed by atoms with Crippen LogP contribution in [0.4, 0.5) is 0 Å². The Morgan fingerprint density at radius 2 is 1.48 bits per heavy atom. The summed E-state index contributed by atoms with van der Waals surface area (Å²) in [5.74, 6) is 1.23. The highest BCUT2D eigenvalue weighted by atomic mass is 14.2. The van der Waals surface area contributed by atoms with Crippen LogP contribution in [-0.2, 0) is 6.42 Å². The molecule has 0 amide bonds. The maximum absolute atomic E-state index is 2.47. The number of rotatable bonds is 7. The van der Waals surface area contributed by atoms with Gasteiger partial charge in [0.15, 0.2) is 0 Å². The van der Waals surface area contributed by atoms with Crippen molar-refractivity contribution in [2.45, 2.75) is 86.0 Å². The molecule has 136 valence electrons. The number of unbranched alkanes of at least 4 members (excludes halogenated alkanes) is 1. The Kier molecular flexibility index (Phi) is 6.87. The highest BCUT2D eigenvalue weighted by Crippen LogP contribution is 2.29. The molecule has 0 aliphatic heterocycles. The lowest BCUT2D eigenvalue weighted by molar-refractivity contribution is 0.622. The molecule has 25 heavy (non-hydrogen) atoms. The second kappa shape index (κ2) is 8.70. The van der Waals surface area contributed by atoms with Crippen LogP contribution in [0.2, 0.25) is 0 Å². The molecule has 1 atom stereocenters. The van der Waals surface area contributed by atoms with E-state index in [-0.39, 0.29) is 0 Å². The summed E-state index contributed by atoms with van der Waals surface area (Å²) in [5, 5.41) is 0. The zero-order chi connectivity index (χ0) is 18.6. The standard InChI is InChI=1S/C25H36/c1-8-9-10-19(5)24-14-22(13-23(16-24)17(2)3)15-25-20(6)12-11-18(4)21(25)7/h11-14,16-17,19H,8-10,15H2,1-7H3. The number of aryl methyl sites for hydroxylation is 2. The lowest BCUT2D eigenvalue weighted by atomic mass is 9.87. The van der Waals surface area contributed by atoms with Crippen molar-refractivity contribution in [3.05, 3.63) is 69.3 Å². The summed E-state index contributed by atoms with van der Waals surface area (Å²) < 4.78 is 0. The van der Waals surface area contributed by atoms with Crippen LogP contribution in [0.25, 0.3) is 0 Å². The van der Waals surface area contributed by atoms with Crippen LogP contribution in [0.5, 0.6) is 0 Å². The molecule has 0 spiro atoms. The first-order valence-electron chi connectivity index (χ1n) is 10.0. The van der Waals surface area contributed by atoms with E-state index < -0.39 is 0 Å². The van der Waals surface area contributed by atoms with Gasteiger partial charge in [-0.1, -0.05) is 70.9 Å². The minimum atomic E-state index is 0.580. The summed E-state index contributed by atoms with van der Waals surface area (Å²) in [6.07, 6.45) is 4.94. The average Bonchev–Trinajstić information content (AvgIpc) is 2.59. The topological polar surface area (TPSA) is 0 Å². The molecule has 0 radical (unpaired) electrons. The minimum Gasteiger partial charge on any atom is -0.0654 e. The van der Waals surface area contributed by atoms with Gasteiger partial charge < -0.3 is 0 Å². The van der Waals surface area contributed by atoms with Crippen LogP contribution in [0.3, 0.4) is 0 Å². The summed E-state index contributed by atoms with van der Waals surface area (Å²) in [6, 6.07) is 11.9. The van der Waals surface area contributed by atoms with Crippen LogP contribution in [-0.4, -0.2) is 0 Å². The van der Waals surface area contributed by atoms with Gasteiger partial charge in [-0.05, 0) is 84.4 Å². The molecule has 0 saturated heterocycles. The van der Waals surface area contributed by atoms with E-state index in [4.69, 9.17) is 0 Å². The average molecular weight is 337 g/mol. The normalized spacial score (nSPS) is 12.6. The fraction of sp³-hybridized carbons (Fsp3) is 0.520. The molecule has 0 saturated carbocycles. The van der Waals surface area contributed by atoms with Gasteiger partial charge in [-0.3, -0.25) is 0 Å². The van der Waals surface area contributed by atoms with Gasteiger partial charge >= 0.3 is 0 Å². The molecule has 0 heterocycles. The zero-order valence-corrected chi connectivity index (χ0v) is 17.4. The smallest absolute Gasteiger partial charge is 0.00202 e. The summed E-state index contributed by atoms with van der Waals surface area (Å²) in [5.41, 5.74) is 10.3. The van der Waals surface area contributed by atoms with Gasteiger partial charge in [0.2, 0.25) is 0 Å². The molecule has 0 aliphatic carbocycles. The van der Waals surface area contributed by atoms with Crippen molar-refractivity contribution < 1.29 is 0 Å². The van der Waals surface area contributed by atoms with Crippen LogP contribution >= 0.6 is 0 Å². The van der Waals surface area contributed by atoms with Crippen molar-refractivity contribution in [3.63, 3.8) is 0 Å². The molecule has 2 aromatic rings. The SMILES string of the molecule is CCCCC(C)c1cc(Cc2c(C)ccc(C)c2C)cc(C(C)C)c1. The predicted molar refractivity (Wildman–Crippen MR) is 112 cm³/mol. The summed E-state index contributed by atoms with van der Waals surface area (Å²) in [6.45, 7) is 16.0. The van der Waals surface area contributed by atoms with E-state index in [1.165, 1.54) is 58.2 Å². The third kappa shape index (κ3) is 4.97. The Bertz CT molecular complexity index is 706. The quantitative estimate of drug-likeness (QED) is 0.488. The van der Waals surface area contributed by atoms with Crippen molar-refractivity contribution >= 4 is 0 Å². The molecule has 1 unspecified atom stereocenters. The molecule has 0 heteroatoms. The van der Waals surface area contributed by atoms with Gasteiger partial charge in [-0.25, -0.2) is 0 Å². The Labute approximate surface area is 155 Å². The first-order valence-corrected chi connectivity index (χ1v) is 10.0. The van der Waals surface area contributed by atoms with E-state index in [1.807, 2.05) is 0 Å². The monoisotopic (exact) mass is 336 g/mol. The van der Waals surface area contributed by atoms with E-state index in [2.05, 4.69) is 78.8 Å². The highest BCUT2D eigenvalue weighted by molar-refractivity contribution is 5.44. The summed E-state index contributed by atoms with van der Waals surface area (Å²) >= 11 is 0. The van der Waals surface area contributed by atoms with E-state index in [1.54, 1.807) is 0 Å². The Morgan fingerprint density at radius 3 is 2.12 bits per heavy atom. The van der Waals surface area contributed by atoms with Gasteiger partial charge in [0, 0.05) is 0 Å². The summed E-state index contributed by atoms with van der Waals surface area (Å²) in [4.78, 5) is 0. The lowest BCUT2D eigenvalue weighted by Crippen LogP contribution is -2.02. The zero-order valence-electron chi connectivity index (χ0n) is 17.4. The molecule has 2 rings (SSSR count). The Hall–Kier alpha value is -1.56. The van der Waals surface area contributed by atoms with Gasteiger partial charge in [-0.15, -0.1) is 0 Å².